The second kappa shape index (κ2) is 7.31. The molecule has 110 valence electrons. The Morgan fingerprint density at radius 1 is 1.10 bits per heavy atom. The number of anilines is 1. The topological polar surface area (TPSA) is 47.3 Å². The van der Waals surface area contributed by atoms with Crippen LogP contribution in [0.25, 0.3) is 0 Å². The van der Waals surface area contributed by atoms with Crippen molar-refractivity contribution in [3.8, 4) is 6.07 Å². The average molecular weight is 274 g/mol. The van der Waals surface area contributed by atoms with Gasteiger partial charge in [-0.15, -0.1) is 0 Å². The van der Waals surface area contributed by atoms with Crippen LogP contribution in [0, 0.1) is 23.2 Å². The van der Waals surface area contributed by atoms with Crippen LogP contribution in [-0.2, 0) is 0 Å². The van der Waals surface area contributed by atoms with Gasteiger partial charge in [0.15, 0.2) is 0 Å². The summed E-state index contributed by atoms with van der Waals surface area (Å²) in [7, 11) is 0. The van der Waals surface area contributed by atoms with Gasteiger partial charge in [-0.05, 0) is 30.9 Å². The molecule has 1 atom stereocenters. The van der Waals surface area contributed by atoms with E-state index in [2.05, 4.69) is 38.7 Å². The summed E-state index contributed by atoms with van der Waals surface area (Å²) in [5.74, 6) is 1.06. The quantitative estimate of drug-likeness (QED) is 0.859. The molecule has 20 heavy (non-hydrogen) atoms. The third-order valence-corrected chi connectivity index (χ3v) is 3.12. The third kappa shape index (κ3) is 4.54. The van der Waals surface area contributed by atoms with E-state index in [0.717, 1.165) is 24.3 Å². The van der Waals surface area contributed by atoms with Crippen LogP contribution in [0.15, 0.2) is 18.2 Å². The van der Waals surface area contributed by atoms with Gasteiger partial charge in [0.25, 0.3) is 0 Å². The lowest BCUT2D eigenvalue weighted by Crippen LogP contribution is -2.32. The molecule has 0 aromatic heterocycles. The molecule has 0 aliphatic heterocycles. The summed E-state index contributed by atoms with van der Waals surface area (Å²) >= 11 is 0. The minimum absolute atomic E-state index is 0.528. The van der Waals surface area contributed by atoms with E-state index in [0.29, 0.717) is 17.4 Å². The van der Waals surface area contributed by atoms with Crippen LogP contribution in [0.2, 0.25) is 0 Å². The van der Waals surface area contributed by atoms with Crippen molar-refractivity contribution in [3.63, 3.8) is 0 Å². The van der Waals surface area contributed by atoms with E-state index in [1.165, 1.54) is 0 Å². The summed E-state index contributed by atoms with van der Waals surface area (Å²) in [4.78, 5) is 2.29. The highest BCUT2D eigenvalue weighted by Gasteiger charge is 2.17. The zero-order valence-corrected chi connectivity index (χ0v) is 13.2. The van der Waals surface area contributed by atoms with Gasteiger partial charge in [0, 0.05) is 24.3 Å². The van der Waals surface area contributed by atoms with E-state index in [1.807, 2.05) is 12.1 Å². The summed E-state index contributed by atoms with van der Waals surface area (Å²) in [6, 6.07) is 7.72. The molecule has 0 fully saturated rings. The number of benzene rings is 1. The molecule has 0 spiro atoms. The van der Waals surface area contributed by atoms with Gasteiger partial charge in [0.1, 0.15) is 0 Å². The second-order valence-electron chi connectivity index (χ2n) is 6.25. The van der Waals surface area contributed by atoms with Crippen molar-refractivity contribution < 1.29 is 5.11 Å². The summed E-state index contributed by atoms with van der Waals surface area (Å²) in [6.07, 6.45) is -0.528. The SMILES string of the molecule is CC(C)CN(CC(C)C)c1cc(C#N)ccc1[C@H](C)O. The highest BCUT2D eigenvalue weighted by atomic mass is 16.3. The van der Waals surface area contributed by atoms with E-state index in [-0.39, 0.29) is 0 Å². The normalized spacial score (nSPS) is 12.6. The molecule has 0 radical (unpaired) electrons. The molecule has 0 amide bonds. The molecule has 0 heterocycles. The smallest absolute Gasteiger partial charge is 0.0992 e. The van der Waals surface area contributed by atoms with Crippen molar-refractivity contribution in [2.24, 2.45) is 11.8 Å². The van der Waals surface area contributed by atoms with E-state index in [9.17, 15) is 5.11 Å². The lowest BCUT2D eigenvalue weighted by Gasteiger charge is -2.31. The molecule has 0 unspecified atom stereocenters. The number of aliphatic hydroxyl groups excluding tert-OH is 1. The lowest BCUT2D eigenvalue weighted by atomic mass is 10.0. The minimum Gasteiger partial charge on any atom is -0.389 e. The van der Waals surface area contributed by atoms with Gasteiger partial charge in [-0.25, -0.2) is 0 Å². The predicted octanol–water partition coefficient (Wildman–Crippen LogP) is 3.73. The second-order valence-corrected chi connectivity index (χ2v) is 6.25. The van der Waals surface area contributed by atoms with Crippen LogP contribution in [0.3, 0.4) is 0 Å². The number of nitriles is 1. The van der Waals surface area contributed by atoms with Gasteiger partial charge >= 0.3 is 0 Å². The van der Waals surface area contributed by atoms with Crippen LogP contribution < -0.4 is 4.90 Å². The maximum Gasteiger partial charge on any atom is 0.0992 e. The van der Waals surface area contributed by atoms with E-state index in [4.69, 9.17) is 5.26 Å². The first-order valence-electron chi connectivity index (χ1n) is 7.32. The van der Waals surface area contributed by atoms with Crippen LogP contribution in [-0.4, -0.2) is 18.2 Å². The van der Waals surface area contributed by atoms with Crippen LogP contribution >= 0.6 is 0 Å². The maximum absolute atomic E-state index is 9.98. The van der Waals surface area contributed by atoms with Gasteiger partial charge in [0.05, 0.1) is 17.7 Å². The molecule has 1 aromatic carbocycles. The van der Waals surface area contributed by atoms with Crippen molar-refractivity contribution >= 4 is 5.69 Å². The molecule has 0 aliphatic carbocycles. The molecule has 3 nitrogen and oxygen atoms in total. The molecule has 1 aromatic rings. The van der Waals surface area contributed by atoms with Crippen LogP contribution in [0.5, 0.6) is 0 Å². The van der Waals surface area contributed by atoms with Crippen molar-refractivity contribution in [2.75, 3.05) is 18.0 Å². The summed E-state index contributed by atoms with van der Waals surface area (Å²) in [5.41, 5.74) is 2.52. The van der Waals surface area contributed by atoms with Gasteiger partial charge in [-0.2, -0.15) is 5.26 Å². The highest BCUT2D eigenvalue weighted by Crippen LogP contribution is 2.29. The predicted molar refractivity (Wildman–Crippen MR) is 83.7 cm³/mol. The van der Waals surface area contributed by atoms with Crippen molar-refractivity contribution in [1.82, 2.24) is 0 Å². The monoisotopic (exact) mass is 274 g/mol. The Labute approximate surface area is 122 Å². The number of hydrogen-bond donors (Lipinski definition) is 1. The number of rotatable bonds is 6. The Morgan fingerprint density at radius 3 is 2.05 bits per heavy atom. The van der Waals surface area contributed by atoms with Crippen LogP contribution in [0.1, 0.15) is 51.8 Å². The van der Waals surface area contributed by atoms with Gasteiger partial charge in [0.2, 0.25) is 0 Å². The summed E-state index contributed by atoms with van der Waals surface area (Å²) < 4.78 is 0. The fourth-order valence-electron chi connectivity index (χ4n) is 2.39. The van der Waals surface area contributed by atoms with Crippen LogP contribution in [0.4, 0.5) is 5.69 Å². The Kier molecular flexibility index (Phi) is 6.04. The first-order valence-corrected chi connectivity index (χ1v) is 7.32. The fraction of sp³-hybridized carbons (Fsp3) is 0.588. The molecule has 1 N–H and O–H groups in total. The molecule has 0 aliphatic rings. The Bertz CT molecular complexity index is 462. The zero-order chi connectivity index (χ0) is 15.3. The third-order valence-electron chi connectivity index (χ3n) is 3.12. The summed E-state index contributed by atoms with van der Waals surface area (Å²) in [6.45, 7) is 12.4. The van der Waals surface area contributed by atoms with E-state index >= 15 is 0 Å². The highest BCUT2D eigenvalue weighted by molar-refractivity contribution is 5.58. The number of nitrogens with zero attached hydrogens (tertiary/aromatic N) is 2. The fourth-order valence-corrected chi connectivity index (χ4v) is 2.39. The molecular formula is C17H26N2O. The largest absolute Gasteiger partial charge is 0.389 e. The van der Waals surface area contributed by atoms with Crippen molar-refractivity contribution in [2.45, 2.75) is 40.7 Å². The first-order chi connectivity index (χ1) is 9.35. The summed E-state index contributed by atoms with van der Waals surface area (Å²) in [5, 5.41) is 19.1. The number of aliphatic hydroxyl groups is 1. The lowest BCUT2D eigenvalue weighted by molar-refractivity contribution is 0.199. The van der Waals surface area contributed by atoms with Gasteiger partial charge < -0.3 is 10.0 Å². The number of hydrogen-bond acceptors (Lipinski definition) is 3. The Balaban J connectivity index is 3.24. The molecule has 0 saturated carbocycles. The van der Waals surface area contributed by atoms with Crippen molar-refractivity contribution in [3.05, 3.63) is 29.3 Å². The molecule has 0 saturated heterocycles. The first kappa shape index (κ1) is 16.5. The molecule has 3 heteroatoms. The maximum atomic E-state index is 9.98. The zero-order valence-electron chi connectivity index (χ0n) is 13.2. The molecule has 0 bridgehead atoms. The average Bonchev–Trinajstić information content (AvgIpc) is 2.36. The van der Waals surface area contributed by atoms with Gasteiger partial charge in [-0.3, -0.25) is 0 Å². The Morgan fingerprint density at radius 2 is 1.65 bits per heavy atom. The Hall–Kier alpha value is -1.53. The van der Waals surface area contributed by atoms with E-state index in [1.54, 1.807) is 13.0 Å². The molecule has 1 rings (SSSR count). The standard InChI is InChI=1S/C17H26N2O/c1-12(2)10-19(11-13(3)4)17-8-15(9-18)6-7-16(17)14(5)20/h6-8,12-14,20H,10-11H2,1-5H3/t14-/m0/s1. The molecular weight excluding hydrogens is 248 g/mol. The van der Waals surface area contributed by atoms with Gasteiger partial charge in [-0.1, -0.05) is 33.8 Å². The van der Waals surface area contributed by atoms with E-state index < -0.39 is 6.10 Å². The van der Waals surface area contributed by atoms with Crippen molar-refractivity contribution in [1.29, 1.82) is 5.26 Å². The minimum atomic E-state index is -0.528.